The molecule has 0 radical (unpaired) electrons. The number of hydrogen-bond donors (Lipinski definition) is 2. The number of carboxylic acid groups (broad SMARTS) is 1. The van der Waals surface area contributed by atoms with Crippen LogP contribution >= 0.6 is 0 Å². The van der Waals surface area contributed by atoms with Crippen LogP contribution in [0, 0.1) is 0 Å². The largest absolute Gasteiger partial charge is 0.478 e. The van der Waals surface area contributed by atoms with Crippen LogP contribution in [-0.4, -0.2) is 27.1 Å². The molecule has 0 amide bonds. The fourth-order valence-electron chi connectivity index (χ4n) is 0.733. The Labute approximate surface area is 70.0 Å². The van der Waals surface area contributed by atoms with Crippen molar-refractivity contribution in [2.24, 2.45) is 0 Å². The van der Waals surface area contributed by atoms with Gasteiger partial charge in [-0.25, -0.2) is 4.79 Å². The van der Waals surface area contributed by atoms with Crippen LogP contribution in [0.1, 0.15) is 26.2 Å². The van der Waals surface area contributed by atoms with Gasteiger partial charge in [-0.1, -0.05) is 13.3 Å². The summed E-state index contributed by atoms with van der Waals surface area (Å²) in [4.78, 5) is 10.1. The third-order valence-corrected chi connectivity index (χ3v) is 2.61. The molecular weight excluding hydrogens is 164 g/mol. The Bertz CT molecular complexity index is 116. The molecule has 0 aromatic rings. The average Bonchev–Trinajstić information content (AvgIpc) is 1.86. The molecule has 0 aliphatic heterocycles. The molecule has 11 heavy (non-hydrogen) atoms. The van der Waals surface area contributed by atoms with Gasteiger partial charge in [-0.15, -0.1) is 0 Å². The van der Waals surface area contributed by atoms with Crippen LogP contribution in [0.15, 0.2) is 0 Å². The van der Waals surface area contributed by atoms with E-state index >= 15 is 0 Å². The van der Waals surface area contributed by atoms with Crippen LogP contribution in [-0.2, 0) is 16.0 Å². The van der Waals surface area contributed by atoms with Crippen molar-refractivity contribution >= 4 is 17.1 Å². The van der Waals surface area contributed by atoms with Crippen molar-refractivity contribution in [1.29, 1.82) is 0 Å². The smallest absolute Gasteiger partial charge is 0.357 e. The molecule has 0 bridgehead atoms. The molecule has 0 fully saturated rings. The minimum Gasteiger partial charge on any atom is -0.478 e. The molecule has 2 N–H and O–H groups in total. The van der Waals surface area contributed by atoms with E-state index in [1.165, 1.54) is 0 Å². The Morgan fingerprint density at radius 2 is 2.09 bits per heavy atom. The lowest BCUT2D eigenvalue weighted by molar-refractivity contribution is -0.134. The number of carboxylic acids is 1. The van der Waals surface area contributed by atoms with E-state index in [-0.39, 0.29) is 5.75 Å². The zero-order chi connectivity index (χ0) is 8.69. The Hall–Kier alpha value is -0.220. The van der Waals surface area contributed by atoms with Gasteiger partial charge in [0.1, 0.15) is 5.75 Å². The van der Waals surface area contributed by atoms with Crippen molar-refractivity contribution in [2.45, 2.75) is 26.2 Å². The topological polar surface area (TPSA) is 57.5 Å². The Morgan fingerprint density at radius 3 is 2.55 bits per heavy atom. The maximum Gasteiger partial charge on any atom is 0.357 e. The Kier molecular flexibility index (Phi) is 6.36. The van der Waals surface area contributed by atoms with Gasteiger partial charge >= 0.3 is 5.97 Å². The minimum atomic E-state index is -0.910. The molecule has 0 heterocycles. The summed E-state index contributed by atoms with van der Waals surface area (Å²) in [6.07, 6.45) is 3.11. The summed E-state index contributed by atoms with van der Waals surface area (Å²) in [5.74, 6) is -0.364. The quantitative estimate of drug-likeness (QED) is 0.478. The molecule has 0 aromatic carbocycles. The van der Waals surface area contributed by atoms with Gasteiger partial charge in [0.05, 0.1) is 0 Å². The predicted octanol–water partition coefficient (Wildman–Crippen LogP) is 1.35. The minimum absolute atomic E-state index is 0.0935. The van der Waals surface area contributed by atoms with E-state index in [4.69, 9.17) is 9.66 Å². The highest BCUT2D eigenvalue weighted by atomic mass is 32.2. The van der Waals surface area contributed by atoms with E-state index in [1.807, 2.05) is 0 Å². The van der Waals surface area contributed by atoms with Gasteiger partial charge in [-0.2, -0.15) is 4.55 Å². The van der Waals surface area contributed by atoms with E-state index in [9.17, 15) is 4.79 Å². The first kappa shape index (κ1) is 10.8. The standard InChI is InChI=1S/C7H14O3S/c1-2-3-4-5-11(10)6-7(8)9/h10H,2-6H2,1H3/p+1. The number of rotatable bonds is 6. The molecule has 0 aromatic heterocycles. The summed E-state index contributed by atoms with van der Waals surface area (Å²) < 4.78 is 9.09. The molecule has 4 heteroatoms. The second-order valence-electron chi connectivity index (χ2n) is 2.41. The molecular formula is C7H15O3S+. The number of carbonyl (C=O) groups is 1. The summed E-state index contributed by atoms with van der Waals surface area (Å²) >= 11 is -0.901. The van der Waals surface area contributed by atoms with E-state index in [2.05, 4.69) is 6.92 Å². The van der Waals surface area contributed by atoms with Gasteiger partial charge in [0.25, 0.3) is 0 Å². The molecule has 0 spiro atoms. The predicted molar refractivity (Wildman–Crippen MR) is 46.9 cm³/mol. The first-order valence-electron chi connectivity index (χ1n) is 3.75. The van der Waals surface area contributed by atoms with Gasteiger partial charge in [0, 0.05) is 0 Å². The summed E-state index contributed by atoms with van der Waals surface area (Å²) in [5, 5.41) is 8.29. The number of unbranched alkanes of at least 4 members (excludes halogenated alkanes) is 2. The summed E-state index contributed by atoms with van der Waals surface area (Å²) in [5.41, 5.74) is 0. The van der Waals surface area contributed by atoms with Crippen molar-refractivity contribution in [3.8, 4) is 0 Å². The van der Waals surface area contributed by atoms with Crippen LogP contribution in [0.5, 0.6) is 0 Å². The Balaban J connectivity index is 3.22. The summed E-state index contributed by atoms with van der Waals surface area (Å²) in [6.45, 7) is 2.08. The molecule has 1 unspecified atom stereocenters. The van der Waals surface area contributed by atoms with Gasteiger partial charge in [0.15, 0.2) is 11.2 Å². The van der Waals surface area contributed by atoms with Gasteiger partial charge in [-0.3, -0.25) is 0 Å². The molecule has 0 saturated carbocycles. The highest BCUT2D eigenvalue weighted by Gasteiger charge is 2.18. The van der Waals surface area contributed by atoms with E-state index in [0.717, 1.165) is 19.3 Å². The van der Waals surface area contributed by atoms with Crippen LogP contribution in [0.2, 0.25) is 0 Å². The molecule has 0 aliphatic rings. The average molecular weight is 179 g/mol. The van der Waals surface area contributed by atoms with Gasteiger partial charge in [0.2, 0.25) is 5.75 Å². The van der Waals surface area contributed by atoms with Crippen molar-refractivity contribution in [3.05, 3.63) is 0 Å². The fourth-order valence-corrected chi connectivity index (χ4v) is 1.70. The summed E-state index contributed by atoms with van der Waals surface area (Å²) in [7, 11) is 0. The van der Waals surface area contributed by atoms with Crippen LogP contribution in [0.4, 0.5) is 0 Å². The lowest BCUT2D eigenvalue weighted by Gasteiger charge is -1.95. The zero-order valence-corrected chi connectivity index (χ0v) is 7.56. The van der Waals surface area contributed by atoms with Gasteiger partial charge < -0.3 is 5.11 Å². The van der Waals surface area contributed by atoms with Crippen molar-refractivity contribution in [2.75, 3.05) is 11.5 Å². The van der Waals surface area contributed by atoms with E-state index in [1.54, 1.807) is 0 Å². The fraction of sp³-hybridized carbons (Fsp3) is 0.857. The normalized spacial score (nSPS) is 12.9. The second-order valence-corrected chi connectivity index (χ2v) is 4.03. The maximum absolute atomic E-state index is 10.1. The monoisotopic (exact) mass is 179 g/mol. The third-order valence-electron chi connectivity index (χ3n) is 1.27. The molecule has 0 rings (SSSR count). The van der Waals surface area contributed by atoms with Crippen molar-refractivity contribution in [3.63, 3.8) is 0 Å². The summed E-state index contributed by atoms with van der Waals surface area (Å²) in [6, 6.07) is 0. The second kappa shape index (κ2) is 6.49. The van der Waals surface area contributed by atoms with Gasteiger partial charge in [-0.05, 0) is 12.8 Å². The molecule has 0 saturated heterocycles. The van der Waals surface area contributed by atoms with Crippen molar-refractivity contribution in [1.82, 2.24) is 0 Å². The molecule has 1 atom stereocenters. The SMILES string of the molecule is CCCCC[S+](O)CC(=O)O. The lowest BCUT2D eigenvalue weighted by atomic mass is 10.3. The van der Waals surface area contributed by atoms with Crippen LogP contribution < -0.4 is 0 Å². The Morgan fingerprint density at radius 1 is 1.45 bits per heavy atom. The van der Waals surface area contributed by atoms with E-state index in [0.29, 0.717) is 5.75 Å². The van der Waals surface area contributed by atoms with Crippen LogP contribution in [0.3, 0.4) is 0 Å². The first-order chi connectivity index (χ1) is 5.16. The van der Waals surface area contributed by atoms with Crippen LogP contribution in [0.25, 0.3) is 0 Å². The third kappa shape index (κ3) is 7.68. The molecule has 66 valence electrons. The lowest BCUT2D eigenvalue weighted by Crippen LogP contribution is -2.17. The highest BCUT2D eigenvalue weighted by molar-refractivity contribution is 7.92. The number of hydrogen-bond acceptors (Lipinski definition) is 2. The molecule has 3 nitrogen and oxygen atoms in total. The highest BCUT2D eigenvalue weighted by Crippen LogP contribution is 1.99. The first-order valence-corrected chi connectivity index (χ1v) is 5.27. The zero-order valence-electron chi connectivity index (χ0n) is 6.75. The van der Waals surface area contributed by atoms with Crippen molar-refractivity contribution < 1.29 is 14.5 Å². The molecule has 0 aliphatic carbocycles. The number of aliphatic carboxylic acids is 1. The van der Waals surface area contributed by atoms with E-state index < -0.39 is 17.1 Å². The maximum atomic E-state index is 10.1.